The van der Waals surface area contributed by atoms with Crippen LogP contribution in [0.4, 0.5) is 4.39 Å². The molecule has 37 heavy (non-hydrogen) atoms. The van der Waals surface area contributed by atoms with Crippen molar-refractivity contribution in [1.82, 2.24) is 20.5 Å². The van der Waals surface area contributed by atoms with Crippen LogP contribution in [0.2, 0.25) is 0 Å². The van der Waals surface area contributed by atoms with Gasteiger partial charge in [-0.2, -0.15) is 0 Å². The van der Waals surface area contributed by atoms with Crippen molar-refractivity contribution in [2.75, 3.05) is 6.61 Å². The van der Waals surface area contributed by atoms with Gasteiger partial charge in [0.1, 0.15) is 11.6 Å². The van der Waals surface area contributed by atoms with Crippen LogP contribution in [-0.4, -0.2) is 39.8 Å². The second-order valence-corrected chi connectivity index (χ2v) is 11.5. The van der Waals surface area contributed by atoms with Crippen LogP contribution in [0.25, 0.3) is 0 Å². The largest absolute Gasteiger partial charge is 0.493 e. The molecule has 5 rings (SSSR count). The molecule has 5 atom stereocenters. The van der Waals surface area contributed by atoms with E-state index < -0.39 is 17.4 Å². The molecule has 196 valence electrons. The van der Waals surface area contributed by atoms with E-state index in [1.807, 2.05) is 38.1 Å². The number of nitrogens with zero attached hydrogens (tertiary/aromatic N) is 2. The van der Waals surface area contributed by atoms with Crippen LogP contribution in [0.15, 0.2) is 42.7 Å². The predicted octanol–water partition coefficient (Wildman–Crippen LogP) is 4.10. The molecular formula is C28H34FN5O3. The number of aromatic nitrogens is 1. The Labute approximate surface area is 216 Å². The lowest BCUT2D eigenvalue weighted by molar-refractivity contribution is -0.133. The van der Waals surface area contributed by atoms with Gasteiger partial charge in [-0.1, -0.05) is 39.0 Å². The van der Waals surface area contributed by atoms with E-state index in [2.05, 4.69) is 29.5 Å². The topological polar surface area (TPSA) is 107 Å². The lowest BCUT2D eigenvalue weighted by atomic mass is 9.79. The lowest BCUT2D eigenvalue weighted by Gasteiger charge is -2.43. The van der Waals surface area contributed by atoms with Crippen LogP contribution in [0.3, 0.4) is 0 Å². The molecule has 8 nitrogen and oxygen atoms in total. The summed E-state index contributed by atoms with van der Waals surface area (Å²) in [7, 11) is 0. The summed E-state index contributed by atoms with van der Waals surface area (Å²) in [6.07, 6.45) is 4.05. The van der Waals surface area contributed by atoms with E-state index in [-0.39, 0.29) is 47.5 Å². The van der Waals surface area contributed by atoms with Crippen LogP contribution in [0.5, 0.6) is 5.75 Å². The first-order chi connectivity index (χ1) is 17.5. The zero-order chi connectivity index (χ0) is 26.5. The Balaban J connectivity index is 1.41. The van der Waals surface area contributed by atoms with Crippen LogP contribution in [0.1, 0.15) is 70.2 Å². The van der Waals surface area contributed by atoms with E-state index in [1.165, 1.54) is 17.2 Å². The molecular weight excluding hydrogens is 473 g/mol. The average Bonchev–Trinajstić information content (AvgIpc) is 3.63. The Morgan fingerprint density at radius 3 is 2.78 bits per heavy atom. The molecule has 1 unspecified atom stereocenters. The van der Waals surface area contributed by atoms with Crippen LogP contribution < -0.4 is 15.4 Å². The van der Waals surface area contributed by atoms with E-state index in [9.17, 15) is 14.0 Å². The third-order valence-corrected chi connectivity index (χ3v) is 8.08. The number of amides is 2. The van der Waals surface area contributed by atoms with E-state index in [4.69, 9.17) is 10.1 Å². The van der Waals surface area contributed by atoms with Crippen molar-refractivity contribution in [2.24, 2.45) is 17.3 Å². The first kappa shape index (κ1) is 25.2. The third kappa shape index (κ3) is 4.67. The van der Waals surface area contributed by atoms with Crippen LogP contribution in [-0.2, 0) is 9.59 Å². The fraction of sp³-hybridized carbons (Fsp3) is 0.500. The van der Waals surface area contributed by atoms with Gasteiger partial charge in [-0.3, -0.25) is 24.9 Å². The van der Waals surface area contributed by atoms with Gasteiger partial charge in [0, 0.05) is 28.6 Å². The van der Waals surface area contributed by atoms with Gasteiger partial charge in [0.15, 0.2) is 5.96 Å². The van der Waals surface area contributed by atoms with Gasteiger partial charge in [-0.05, 0) is 43.4 Å². The molecule has 0 bridgehead atoms. The predicted molar refractivity (Wildman–Crippen MR) is 136 cm³/mol. The number of carbonyl (C=O) groups is 2. The first-order valence-electron chi connectivity index (χ1n) is 12.8. The van der Waals surface area contributed by atoms with Crippen molar-refractivity contribution in [2.45, 2.75) is 64.6 Å². The summed E-state index contributed by atoms with van der Waals surface area (Å²) < 4.78 is 20.1. The average molecular weight is 508 g/mol. The molecule has 1 saturated carbocycles. The molecule has 3 heterocycles. The Bertz CT molecular complexity index is 1230. The number of hydrogen-bond donors (Lipinski definition) is 3. The van der Waals surface area contributed by atoms with Crippen molar-refractivity contribution in [3.8, 4) is 5.75 Å². The van der Waals surface area contributed by atoms with E-state index in [1.54, 1.807) is 0 Å². The van der Waals surface area contributed by atoms with Crippen molar-refractivity contribution >= 4 is 17.8 Å². The molecule has 2 fully saturated rings. The van der Waals surface area contributed by atoms with Gasteiger partial charge < -0.3 is 15.4 Å². The molecule has 0 radical (unpaired) electrons. The summed E-state index contributed by atoms with van der Waals surface area (Å²) in [5.41, 5.74) is 0.584. The fourth-order valence-corrected chi connectivity index (χ4v) is 5.63. The van der Waals surface area contributed by atoms with Crippen molar-refractivity contribution in [3.63, 3.8) is 0 Å². The number of benzene rings is 1. The number of halogens is 1. The minimum Gasteiger partial charge on any atom is -0.493 e. The molecule has 2 amide bonds. The number of guanidine groups is 1. The second kappa shape index (κ2) is 9.11. The SMILES string of the molecule is CC[C@]1(C)CC(=O)N([C@@H](c2cncc(F)c2)C2C[C@H]2C(=O)N[C@@H]2c3ccccc3OCC2(C)C)C(=N)N1. The summed E-state index contributed by atoms with van der Waals surface area (Å²) in [4.78, 5) is 32.3. The quantitative estimate of drug-likeness (QED) is 0.546. The first-order valence-corrected chi connectivity index (χ1v) is 12.8. The molecule has 3 aliphatic rings. The standard InChI is InChI=1S/C28H34FN5O3/c1-5-28(4)12-22(35)34(26(30)33-28)23(16-10-17(29)14-31-13-16)19-11-20(19)25(36)32-24-18-8-6-7-9-21(18)37-15-27(24,2)3/h6-10,13-14,19-20,23-24H,5,11-12,15H2,1-4H3,(H2,30,33)(H,32,36)/t19?,20-,23+,24-,28-/m1/s1. The fourth-order valence-electron chi connectivity index (χ4n) is 5.63. The van der Waals surface area contributed by atoms with Gasteiger partial charge in [0.2, 0.25) is 11.8 Å². The highest BCUT2D eigenvalue weighted by molar-refractivity contribution is 5.99. The molecule has 1 aromatic carbocycles. The second-order valence-electron chi connectivity index (χ2n) is 11.5. The Morgan fingerprint density at radius 2 is 2.08 bits per heavy atom. The van der Waals surface area contributed by atoms with E-state index in [0.717, 1.165) is 17.5 Å². The number of hydrogen-bond acceptors (Lipinski definition) is 5. The molecule has 2 aromatic rings. The highest BCUT2D eigenvalue weighted by Gasteiger charge is 2.54. The maximum absolute atomic E-state index is 14.2. The van der Waals surface area contributed by atoms with Crippen molar-refractivity contribution < 1.29 is 18.7 Å². The maximum atomic E-state index is 14.2. The van der Waals surface area contributed by atoms with Crippen LogP contribution in [0, 0.1) is 28.5 Å². The van der Waals surface area contributed by atoms with Crippen LogP contribution >= 0.6 is 0 Å². The van der Waals surface area contributed by atoms with Gasteiger partial charge >= 0.3 is 0 Å². The molecule has 1 aliphatic carbocycles. The van der Waals surface area contributed by atoms with E-state index >= 15 is 0 Å². The summed E-state index contributed by atoms with van der Waals surface area (Å²) in [6.45, 7) is 8.47. The molecule has 9 heteroatoms. The number of pyridine rings is 1. The Kier molecular flexibility index (Phi) is 6.20. The van der Waals surface area contributed by atoms with Gasteiger partial charge in [0.05, 0.1) is 31.3 Å². The highest BCUT2D eigenvalue weighted by atomic mass is 19.1. The maximum Gasteiger partial charge on any atom is 0.232 e. The summed E-state index contributed by atoms with van der Waals surface area (Å²) in [5, 5.41) is 15.1. The van der Waals surface area contributed by atoms with Gasteiger partial charge in [-0.25, -0.2) is 4.39 Å². The molecule has 3 N–H and O–H groups in total. The number of para-hydroxylation sites is 1. The van der Waals surface area contributed by atoms with Gasteiger partial charge in [0.25, 0.3) is 0 Å². The molecule has 1 saturated heterocycles. The number of rotatable bonds is 6. The summed E-state index contributed by atoms with van der Waals surface area (Å²) >= 11 is 0. The monoisotopic (exact) mass is 507 g/mol. The number of fused-ring (bicyclic) bond motifs is 1. The summed E-state index contributed by atoms with van der Waals surface area (Å²) in [6, 6.07) is 8.16. The Hall–Kier alpha value is -3.49. The highest BCUT2D eigenvalue weighted by Crippen LogP contribution is 2.52. The zero-order valence-corrected chi connectivity index (χ0v) is 21.7. The lowest BCUT2D eigenvalue weighted by Crippen LogP contribution is -2.61. The van der Waals surface area contributed by atoms with Gasteiger partial charge in [-0.15, -0.1) is 0 Å². The number of carbonyl (C=O) groups excluding carboxylic acids is 2. The van der Waals surface area contributed by atoms with Crippen molar-refractivity contribution in [3.05, 3.63) is 59.7 Å². The van der Waals surface area contributed by atoms with E-state index in [0.29, 0.717) is 25.0 Å². The normalized spacial score (nSPS) is 29.0. The Morgan fingerprint density at radius 1 is 1.32 bits per heavy atom. The minimum atomic E-state index is -0.664. The number of nitrogens with one attached hydrogen (secondary N) is 3. The third-order valence-electron chi connectivity index (χ3n) is 8.08. The molecule has 0 spiro atoms. The van der Waals surface area contributed by atoms with Crippen molar-refractivity contribution in [1.29, 1.82) is 5.41 Å². The minimum absolute atomic E-state index is 0.0274. The molecule has 1 aromatic heterocycles. The summed E-state index contributed by atoms with van der Waals surface area (Å²) in [5.74, 6) is -0.754. The smallest absolute Gasteiger partial charge is 0.232 e. The number of ether oxygens (including phenoxy) is 1. The zero-order valence-electron chi connectivity index (χ0n) is 21.7. The molecule has 2 aliphatic heterocycles.